The van der Waals surface area contributed by atoms with E-state index in [1.807, 2.05) is 26.0 Å². The minimum atomic E-state index is -0.389. The van der Waals surface area contributed by atoms with Crippen LogP contribution in [-0.4, -0.2) is 16.8 Å². The van der Waals surface area contributed by atoms with Crippen LogP contribution in [0.15, 0.2) is 68.4 Å². The highest BCUT2D eigenvalue weighted by Gasteiger charge is 2.19. The van der Waals surface area contributed by atoms with E-state index in [4.69, 9.17) is 9.15 Å². The zero-order valence-electron chi connectivity index (χ0n) is 20.0. The lowest BCUT2D eigenvalue weighted by Crippen LogP contribution is -2.06. The van der Waals surface area contributed by atoms with E-state index in [1.165, 1.54) is 23.3 Å². The largest absolute Gasteiger partial charge is 0.508 e. The molecule has 0 bridgehead atoms. The fraction of sp³-hybridized carbons (Fsp3) is 0.321. The summed E-state index contributed by atoms with van der Waals surface area (Å²) >= 11 is 0. The van der Waals surface area contributed by atoms with E-state index < -0.39 is 0 Å². The second-order valence-electron chi connectivity index (χ2n) is 8.85. The minimum absolute atomic E-state index is 0.0369. The number of fused-ring (bicyclic) bond motifs is 2. The highest BCUT2D eigenvalue weighted by molar-refractivity contribution is 5.95. The molecule has 0 aliphatic heterocycles. The van der Waals surface area contributed by atoms with Gasteiger partial charge in [0.15, 0.2) is 0 Å². The Bertz CT molecular complexity index is 1310. The summed E-state index contributed by atoms with van der Waals surface area (Å²) in [6.07, 6.45) is 8.58. The molecule has 0 aliphatic rings. The van der Waals surface area contributed by atoms with E-state index in [-0.39, 0.29) is 33.3 Å². The molecule has 174 valence electrons. The number of ether oxygens (including phenoxy) is 1. The molecule has 33 heavy (non-hydrogen) atoms. The zero-order chi connectivity index (χ0) is 24.1. The molecule has 0 radical (unpaired) electrons. The maximum Gasteiger partial charge on any atom is 0.204 e. The summed E-state index contributed by atoms with van der Waals surface area (Å²) in [6, 6.07) is 6.02. The average Bonchev–Trinajstić information content (AvgIpc) is 2.73. The Morgan fingerprint density at radius 3 is 2.39 bits per heavy atom. The van der Waals surface area contributed by atoms with Gasteiger partial charge in [-0.3, -0.25) is 4.79 Å². The van der Waals surface area contributed by atoms with Gasteiger partial charge in [-0.1, -0.05) is 28.9 Å². The van der Waals surface area contributed by atoms with Gasteiger partial charge in [-0.25, -0.2) is 0 Å². The van der Waals surface area contributed by atoms with E-state index in [0.29, 0.717) is 29.9 Å². The third kappa shape index (κ3) is 5.86. The van der Waals surface area contributed by atoms with Gasteiger partial charge in [-0.15, -0.1) is 0 Å². The maximum absolute atomic E-state index is 13.1. The van der Waals surface area contributed by atoms with Crippen molar-refractivity contribution in [1.29, 1.82) is 0 Å². The van der Waals surface area contributed by atoms with Crippen molar-refractivity contribution in [3.8, 4) is 17.2 Å². The van der Waals surface area contributed by atoms with Crippen molar-refractivity contribution < 1.29 is 19.4 Å². The van der Waals surface area contributed by atoms with Crippen LogP contribution in [0.5, 0.6) is 17.2 Å². The maximum atomic E-state index is 13.1. The van der Waals surface area contributed by atoms with Crippen LogP contribution >= 0.6 is 0 Å². The highest BCUT2D eigenvalue weighted by atomic mass is 16.5. The molecule has 0 atom stereocenters. The number of hydrogen-bond donors (Lipinski definition) is 2. The van der Waals surface area contributed by atoms with Gasteiger partial charge in [0, 0.05) is 11.6 Å². The molecule has 2 N–H and O–H groups in total. The second-order valence-corrected chi connectivity index (χ2v) is 8.85. The molecular formula is C28H32O5. The predicted molar refractivity (Wildman–Crippen MR) is 134 cm³/mol. The van der Waals surface area contributed by atoms with Gasteiger partial charge in [0.05, 0.1) is 5.39 Å². The van der Waals surface area contributed by atoms with E-state index in [0.717, 1.165) is 18.4 Å². The molecule has 0 saturated heterocycles. The van der Waals surface area contributed by atoms with E-state index in [2.05, 4.69) is 26.8 Å². The first-order valence-electron chi connectivity index (χ1n) is 11.2. The monoisotopic (exact) mass is 448 g/mol. The number of hydrogen-bond acceptors (Lipinski definition) is 5. The molecule has 2 aromatic carbocycles. The molecule has 5 nitrogen and oxygen atoms in total. The van der Waals surface area contributed by atoms with Crippen molar-refractivity contribution in [3.05, 3.63) is 75.0 Å². The molecule has 0 amide bonds. The topological polar surface area (TPSA) is 79.9 Å². The summed E-state index contributed by atoms with van der Waals surface area (Å²) in [4.78, 5) is 13.1. The molecule has 1 heterocycles. The van der Waals surface area contributed by atoms with Crippen molar-refractivity contribution in [2.45, 2.75) is 53.9 Å². The molecule has 0 aliphatic carbocycles. The summed E-state index contributed by atoms with van der Waals surface area (Å²) in [5, 5.41) is 21.2. The predicted octanol–water partition coefficient (Wildman–Crippen LogP) is 6.94. The molecule has 0 unspecified atom stereocenters. The molecule has 3 aromatic rings. The number of aromatic hydroxyl groups is 2. The van der Waals surface area contributed by atoms with Crippen LogP contribution in [-0.2, 0) is 6.42 Å². The van der Waals surface area contributed by atoms with Crippen LogP contribution in [0.25, 0.3) is 21.9 Å². The molecule has 5 heteroatoms. The van der Waals surface area contributed by atoms with Gasteiger partial charge >= 0.3 is 0 Å². The second kappa shape index (κ2) is 10.4. The lowest BCUT2D eigenvalue weighted by Gasteiger charge is -2.14. The summed E-state index contributed by atoms with van der Waals surface area (Å²) < 4.78 is 11.9. The van der Waals surface area contributed by atoms with Crippen LogP contribution in [0, 0.1) is 0 Å². The quantitative estimate of drug-likeness (QED) is 0.288. The smallest absolute Gasteiger partial charge is 0.204 e. The molecule has 3 rings (SSSR count). The van der Waals surface area contributed by atoms with Crippen LogP contribution < -0.4 is 10.2 Å². The van der Waals surface area contributed by atoms with Crippen molar-refractivity contribution in [1.82, 2.24) is 0 Å². The summed E-state index contributed by atoms with van der Waals surface area (Å²) in [7, 11) is 0. The lowest BCUT2D eigenvalue weighted by molar-refractivity contribution is 0.354. The Labute approximate surface area is 194 Å². The van der Waals surface area contributed by atoms with E-state index in [9.17, 15) is 15.0 Å². The van der Waals surface area contributed by atoms with Crippen LogP contribution in [0.4, 0.5) is 0 Å². The van der Waals surface area contributed by atoms with Gasteiger partial charge in [0.25, 0.3) is 0 Å². The Morgan fingerprint density at radius 2 is 1.70 bits per heavy atom. The molecule has 0 saturated carbocycles. The number of allylic oxidation sites excluding steroid dienone is 5. The van der Waals surface area contributed by atoms with E-state index >= 15 is 0 Å². The summed E-state index contributed by atoms with van der Waals surface area (Å²) in [5.41, 5.74) is 4.34. The van der Waals surface area contributed by atoms with Crippen molar-refractivity contribution in [2.75, 3.05) is 6.61 Å². The zero-order valence-corrected chi connectivity index (χ0v) is 20.0. The minimum Gasteiger partial charge on any atom is -0.508 e. The first-order valence-corrected chi connectivity index (χ1v) is 11.2. The number of phenols is 2. The number of benzene rings is 2. The number of rotatable bonds is 8. The van der Waals surface area contributed by atoms with Crippen LogP contribution in [0.3, 0.4) is 0 Å². The number of phenolic OH excluding ortho intramolecular Hbond substituents is 2. The standard InChI is InChI=1S/C28H32O5/c1-17(2)7-6-8-19(5)13-14-32-24-16-25-26(27(30)21(24)11-9-18(3)4)28(31)22-15-20(29)10-12-23(22)33-25/h7,9-10,12-13,15-16,29-30H,6,8,11,14H2,1-5H3. The molecule has 0 fully saturated rings. The normalized spacial score (nSPS) is 11.6. The Morgan fingerprint density at radius 1 is 0.970 bits per heavy atom. The van der Waals surface area contributed by atoms with E-state index in [1.54, 1.807) is 12.1 Å². The first kappa shape index (κ1) is 24.2. The van der Waals surface area contributed by atoms with Crippen molar-refractivity contribution in [3.63, 3.8) is 0 Å². The van der Waals surface area contributed by atoms with Gasteiger partial charge < -0.3 is 19.4 Å². The molecule has 1 aromatic heterocycles. The van der Waals surface area contributed by atoms with Crippen molar-refractivity contribution in [2.24, 2.45) is 0 Å². The Balaban J connectivity index is 2.03. The van der Waals surface area contributed by atoms with Crippen molar-refractivity contribution >= 4 is 21.9 Å². The van der Waals surface area contributed by atoms with Crippen LogP contribution in [0.1, 0.15) is 53.0 Å². The van der Waals surface area contributed by atoms with Crippen LogP contribution in [0.2, 0.25) is 0 Å². The summed E-state index contributed by atoms with van der Waals surface area (Å²) in [6.45, 7) is 10.5. The van der Waals surface area contributed by atoms with Gasteiger partial charge in [-0.05, 0) is 78.2 Å². The van der Waals surface area contributed by atoms with Gasteiger partial charge in [0.2, 0.25) is 5.43 Å². The Kier molecular flexibility index (Phi) is 7.64. The first-order chi connectivity index (χ1) is 15.7. The Hall–Kier alpha value is -3.47. The molecular weight excluding hydrogens is 416 g/mol. The average molecular weight is 449 g/mol. The fourth-order valence-corrected chi connectivity index (χ4v) is 3.60. The third-order valence-electron chi connectivity index (χ3n) is 5.46. The lowest BCUT2D eigenvalue weighted by atomic mass is 10.0. The summed E-state index contributed by atoms with van der Waals surface area (Å²) in [5.74, 6) is 0.292. The SMILES string of the molecule is CC(C)=CCCC(C)=CCOc1cc2oc3ccc(O)cc3c(=O)c2c(O)c1CC=C(C)C. The van der Waals surface area contributed by atoms with Gasteiger partial charge in [-0.2, -0.15) is 0 Å². The molecule has 0 spiro atoms. The third-order valence-corrected chi connectivity index (χ3v) is 5.46. The fourth-order valence-electron chi connectivity index (χ4n) is 3.60. The van der Waals surface area contributed by atoms with Gasteiger partial charge in [0.1, 0.15) is 40.4 Å². The highest BCUT2D eigenvalue weighted by Crippen LogP contribution is 2.37.